The van der Waals surface area contributed by atoms with E-state index >= 15 is 0 Å². The average Bonchev–Trinajstić information content (AvgIpc) is 3.63. The Bertz CT molecular complexity index is 1370. The highest BCUT2D eigenvalue weighted by molar-refractivity contribution is 8.01. The number of furan rings is 1. The Balaban J connectivity index is 1.53. The van der Waals surface area contributed by atoms with Crippen LogP contribution in [0.2, 0.25) is 0 Å². The summed E-state index contributed by atoms with van der Waals surface area (Å²) in [7, 11) is 0. The molecule has 2 N–H and O–H groups in total. The molecule has 0 bridgehead atoms. The van der Waals surface area contributed by atoms with Crippen LogP contribution in [0.15, 0.2) is 56.6 Å². The van der Waals surface area contributed by atoms with Gasteiger partial charge in [0.1, 0.15) is 0 Å². The molecule has 0 saturated carbocycles. The minimum atomic E-state index is -4.57. The number of carbonyl (C=O) groups excluding carboxylic acids is 2. The fourth-order valence-electron chi connectivity index (χ4n) is 2.97. The Kier molecular flexibility index (Phi) is 8.50. The predicted octanol–water partition coefficient (Wildman–Crippen LogP) is 4.50. The van der Waals surface area contributed by atoms with Gasteiger partial charge in [0.25, 0.3) is 5.91 Å². The van der Waals surface area contributed by atoms with Gasteiger partial charge >= 0.3 is 6.18 Å². The van der Waals surface area contributed by atoms with E-state index in [-0.39, 0.29) is 34.7 Å². The van der Waals surface area contributed by atoms with Crippen molar-refractivity contribution in [1.29, 1.82) is 0 Å². The third-order valence-electron chi connectivity index (χ3n) is 4.54. The topological polar surface area (TPSA) is 128 Å². The first-order valence-electron chi connectivity index (χ1n) is 10.6. The molecule has 0 atom stereocenters. The molecule has 0 aliphatic heterocycles. The van der Waals surface area contributed by atoms with Crippen molar-refractivity contribution < 1.29 is 27.2 Å². The number of halogens is 3. The van der Waals surface area contributed by atoms with E-state index in [9.17, 15) is 22.8 Å². The van der Waals surface area contributed by atoms with Gasteiger partial charge < -0.3 is 9.73 Å². The van der Waals surface area contributed by atoms with Crippen molar-refractivity contribution in [3.63, 3.8) is 0 Å². The van der Waals surface area contributed by atoms with Gasteiger partial charge in [-0.25, -0.2) is 0 Å². The lowest BCUT2D eigenvalue weighted by Crippen LogP contribution is -2.24. The van der Waals surface area contributed by atoms with Gasteiger partial charge in [-0.2, -0.15) is 13.2 Å². The summed E-state index contributed by atoms with van der Waals surface area (Å²) in [4.78, 5) is 24.7. The fourth-order valence-corrected chi connectivity index (χ4v) is 5.41. The summed E-state index contributed by atoms with van der Waals surface area (Å²) in [5.74, 6) is -0.0176. The Labute approximate surface area is 220 Å². The van der Waals surface area contributed by atoms with Crippen LogP contribution < -0.4 is 10.6 Å². The van der Waals surface area contributed by atoms with Crippen molar-refractivity contribution in [3.8, 4) is 5.69 Å². The van der Waals surface area contributed by atoms with Crippen LogP contribution >= 0.6 is 34.9 Å². The molecule has 0 aliphatic carbocycles. The lowest BCUT2D eigenvalue weighted by atomic mass is 10.2. The third kappa shape index (κ3) is 6.90. The van der Waals surface area contributed by atoms with Crippen LogP contribution in [0.4, 0.5) is 18.3 Å². The molecule has 10 nitrogen and oxygen atoms in total. The number of nitrogens with one attached hydrogen (secondary N) is 2. The molecule has 0 unspecified atom stereocenters. The van der Waals surface area contributed by atoms with Gasteiger partial charge in [0.05, 0.1) is 29.8 Å². The van der Waals surface area contributed by atoms with Gasteiger partial charge in [-0.05, 0) is 36.1 Å². The van der Waals surface area contributed by atoms with E-state index in [2.05, 4.69) is 31.0 Å². The Morgan fingerprint density at radius 1 is 1.11 bits per heavy atom. The summed E-state index contributed by atoms with van der Waals surface area (Å²) in [6, 6.07) is 7.61. The molecule has 0 radical (unpaired) electrons. The highest BCUT2D eigenvalue weighted by Crippen LogP contribution is 2.32. The molecule has 3 aromatic heterocycles. The molecule has 1 aromatic carbocycles. The summed E-state index contributed by atoms with van der Waals surface area (Å²) >= 11 is 3.70. The smallest absolute Gasteiger partial charge is 0.416 e. The molecule has 194 valence electrons. The zero-order chi connectivity index (χ0) is 26.4. The molecule has 37 heavy (non-hydrogen) atoms. The van der Waals surface area contributed by atoms with Crippen LogP contribution in [0.3, 0.4) is 0 Å². The van der Waals surface area contributed by atoms with E-state index in [1.54, 1.807) is 6.07 Å². The largest absolute Gasteiger partial charge is 0.459 e. The molecular formula is C21H18F3N7O3S3. The Hall–Kier alpha value is -3.37. The molecule has 3 heterocycles. The van der Waals surface area contributed by atoms with Crippen LogP contribution in [0.5, 0.6) is 0 Å². The summed E-state index contributed by atoms with van der Waals surface area (Å²) < 4.78 is 47.2. The van der Waals surface area contributed by atoms with Crippen molar-refractivity contribution in [1.82, 2.24) is 30.3 Å². The molecule has 2 amide bonds. The first kappa shape index (κ1) is 26.7. The third-order valence-corrected chi connectivity index (χ3v) is 7.32. The second-order valence-corrected chi connectivity index (χ2v) is 10.5. The second kappa shape index (κ2) is 11.8. The highest BCUT2D eigenvalue weighted by atomic mass is 32.2. The zero-order valence-corrected chi connectivity index (χ0v) is 21.4. The molecule has 0 fully saturated rings. The zero-order valence-electron chi connectivity index (χ0n) is 19.0. The molecule has 0 spiro atoms. The monoisotopic (exact) mass is 569 g/mol. The maximum absolute atomic E-state index is 13.4. The number of carbonyl (C=O) groups is 2. The first-order valence-corrected chi connectivity index (χ1v) is 13.4. The fraction of sp³-hybridized carbons (Fsp3) is 0.238. The summed E-state index contributed by atoms with van der Waals surface area (Å²) in [5.41, 5.74) is -0.745. The van der Waals surface area contributed by atoms with Gasteiger partial charge in [-0.1, -0.05) is 47.9 Å². The summed E-state index contributed by atoms with van der Waals surface area (Å²) in [5, 5.41) is 21.7. The number of hydrogen-bond donors (Lipinski definition) is 2. The van der Waals surface area contributed by atoms with Gasteiger partial charge in [0.15, 0.2) is 21.1 Å². The van der Waals surface area contributed by atoms with Crippen molar-refractivity contribution in [3.05, 3.63) is 59.8 Å². The van der Waals surface area contributed by atoms with E-state index < -0.39 is 23.6 Å². The second-order valence-electron chi connectivity index (χ2n) is 7.09. The number of nitrogens with zero attached hydrogens (tertiary/aromatic N) is 5. The van der Waals surface area contributed by atoms with Gasteiger partial charge in [-0.15, -0.1) is 20.4 Å². The SMILES string of the molecule is CCSc1nnc(NC(=O)CSc2nnc(CNC(=O)c3ccco3)n2-c2cccc(C(F)(F)F)c2)s1. The van der Waals surface area contributed by atoms with Crippen LogP contribution in [0.25, 0.3) is 5.69 Å². The molecule has 16 heteroatoms. The van der Waals surface area contributed by atoms with Crippen LogP contribution in [-0.2, 0) is 17.5 Å². The van der Waals surface area contributed by atoms with E-state index in [1.165, 1.54) is 52.1 Å². The van der Waals surface area contributed by atoms with E-state index in [0.29, 0.717) is 5.13 Å². The number of amides is 2. The molecule has 0 aliphatic rings. The van der Waals surface area contributed by atoms with Crippen LogP contribution in [0, 0.1) is 0 Å². The van der Waals surface area contributed by atoms with Crippen molar-refractivity contribution in [2.75, 3.05) is 16.8 Å². The van der Waals surface area contributed by atoms with E-state index in [0.717, 1.165) is 34.0 Å². The van der Waals surface area contributed by atoms with Crippen molar-refractivity contribution in [2.24, 2.45) is 0 Å². The normalized spacial score (nSPS) is 11.5. The molecule has 0 saturated heterocycles. The number of rotatable bonds is 10. The number of thioether (sulfide) groups is 2. The number of aromatic nitrogens is 5. The predicted molar refractivity (Wildman–Crippen MR) is 132 cm³/mol. The molecule has 4 rings (SSSR count). The van der Waals surface area contributed by atoms with Crippen LogP contribution in [0.1, 0.15) is 28.9 Å². The van der Waals surface area contributed by atoms with Gasteiger partial charge in [0, 0.05) is 0 Å². The minimum absolute atomic E-state index is 0.0635. The standard InChI is InChI=1S/C21H18F3N7O3S3/c1-2-35-20-30-28-18(37-20)26-16(32)11-36-19-29-27-15(10-25-17(33)14-7-4-8-34-14)31(19)13-6-3-5-12(9-13)21(22,23)24/h3-9H,2,10-11H2,1H3,(H,25,33)(H,26,28,32). The summed E-state index contributed by atoms with van der Waals surface area (Å²) in [6.45, 7) is 1.82. The van der Waals surface area contributed by atoms with E-state index in [4.69, 9.17) is 4.42 Å². The number of hydrogen-bond acceptors (Lipinski definition) is 10. The van der Waals surface area contributed by atoms with E-state index in [1.807, 2.05) is 6.92 Å². The number of anilines is 1. The highest BCUT2D eigenvalue weighted by Gasteiger charge is 2.31. The van der Waals surface area contributed by atoms with Crippen LogP contribution in [-0.4, -0.2) is 48.3 Å². The number of benzene rings is 1. The quantitative estimate of drug-likeness (QED) is 0.210. The Morgan fingerprint density at radius 3 is 2.68 bits per heavy atom. The van der Waals surface area contributed by atoms with Gasteiger partial charge in [0.2, 0.25) is 11.0 Å². The maximum atomic E-state index is 13.4. The Morgan fingerprint density at radius 2 is 1.95 bits per heavy atom. The lowest BCUT2D eigenvalue weighted by molar-refractivity contribution is -0.137. The minimum Gasteiger partial charge on any atom is -0.459 e. The lowest BCUT2D eigenvalue weighted by Gasteiger charge is -2.13. The van der Waals surface area contributed by atoms with Crippen molar-refractivity contribution >= 4 is 51.8 Å². The average molecular weight is 570 g/mol. The van der Waals surface area contributed by atoms with Crippen molar-refractivity contribution in [2.45, 2.75) is 29.1 Å². The number of alkyl halides is 3. The molecule has 4 aromatic rings. The van der Waals surface area contributed by atoms with Gasteiger partial charge in [-0.3, -0.25) is 19.5 Å². The summed E-state index contributed by atoms with van der Waals surface area (Å²) in [6.07, 6.45) is -3.23. The first-order chi connectivity index (χ1) is 17.7. The maximum Gasteiger partial charge on any atom is 0.416 e. The molecular weight excluding hydrogens is 551 g/mol.